The second-order valence-electron chi connectivity index (χ2n) is 14.6. The predicted octanol–water partition coefficient (Wildman–Crippen LogP) is 9.95. The van der Waals surface area contributed by atoms with Crippen LogP contribution < -0.4 is 0 Å². The maximum absolute atomic E-state index is 11.2. The molecule has 0 saturated heterocycles. The number of rotatable bonds is 37. The van der Waals surface area contributed by atoms with Gasteiger partial charge in [-0.1, -0.05) is 182 Å². The Morgan fingerprint density at radius 2 is 0.457 bits per heavy atom. The van der Waals surface area contributed by atoms with Crippen LogP contribution in [0.1, 0.15) is 207 Å². The Bertz CT molecular complexity index is 498. The second-order valence-corrected chi connectivity index (χ2v) is 14.6. The molecule has 0 spiro atoms. The van der Waals surface area contributed by atoms with E-state index in [9.17, 15) is 20.4 Å². The number of hydrogen-bond donors (Lipinski definition) is 4. The molecule has 46 heavy (non-hydrogen) atoms. The highest BCUT2D eigenvalue weighted by atomic mass is 16.3. The normalized spacial score (nSPS) is 14.7. The fourth-order valence-electron chi connectivity index (χ4n) is 6.59. The van der Waals surface area contributed by atoms with Gasteiger partial charge in [0.25, 0.3) is 0 Å². The van der Waals surface area contributed by atoms with Crippen molar-refractivity contribution in [3.05, 3.63) is 0 Å². The predicted molar refractivity (Wildman–Crippen MR) is 199 cm³/mol. The Balaban J connectivity index is 5.40. The van der Waals surface area contributed by atoms with Crippen LogP contribution in [0.4, 0.5) is 0 Å². The molecule has 4 atom stereocenters. The second kappa shape index (κ2) is 34.6. The molecule has 0 saturated carbocycles. The summed E-state index contributed by atoms with van der Waals surface area (Å²) in [6.45, 7) is 10.7. The molecule has 0 bridgehead atoms. The minimum absolute atomic E-state index is 0.440. The summed E-state index contributed by atoms with van der Waals surface area (Å²) in [5.74, 6) is 0. The minimum Gasteiger partial charge on any atom is -0.392 e. The van der Waals surface area contributed by atoms with E-state index >= 15 is 0 Å². The fourth-order valence-corrected chi connectivity index (χ4v) is 6.59. The van der Waals surface area contributed by atoms with Gasteiger partial charge in [-0.3, -0.25) is 0 Å². The zero-order chi connectivity index (χ0) is 34.1. The van der Waals surface area contributed by atoms with Gasteiger partial charge in [0.2, 0.25) is 0 Å². The molecule has 0 radical (unpaired) electrons. The molecule has 6 nitrogen and oxygen atoms in total. The van der Waals surface area contributed by atoms with Crippen LogP contribution in [0, 0.1) is 0 Å². The van der Waals surface area contributed by atoms with Gasteiger partial charge in [0.05, 0.1) is 24.4 Å². The molecular formula is C40H84N2O4. The first kappa shape index (κ1) is 45.8. The molecule has 0 heterocycles. The zero-order valence-corrected chi connectivity index (χ0v) is 31.6. The van der Waals surface area contributed by atoms with Gasteiger partial charge in [0.1, 0.15) is 0 Å². The first-order valence-electron chi connectivity index (χ1n) is 20.6. The van der Waals surface area contributed by atoms with Gasteiger partial charge in [-0.2, -0.15) is 0 Å². The largest absolute Gasteiger partial charge is 0.392 e. The monoisotopic (exact) mass is 657 g/mol. The van der Waals surface area contributed by atoms with Crippen molar-refractivity contribution in [1.29, 1.82) is 0 Å². The summed E-state index contributed by atoms with van der Waals surface area (Å²) in [7, 11) is 0. The van der Waals surface area contributed by atoms with Crippen LogP contribution in [0.15, 0.2) is 0 Å². The van der Waals surface area contributed by atoms with Crippen LogP contribution in [-0.2, 0) is 0 Å². The summed E-state index contributed by atoms with van der Waals surface area (Å²) in [5, 5.41) is 48.8. The molecule has 0 aromatic carbocycles. The van der Waals surface area contributed by atoms with Crippen LogP contribution in [0.3, 0.4) is 0 Å². The van der Waals surface area contributed by atoms with E-state index in [1.54, 1.807) is 0 Å². The third-order valence-electron chi connectivity index (χ3n) is 9.65. The molecule has 0 aliphatic rings. The number of unbranched alkanes of at least 4 members (excludes halogenated alkanes) is 20. The van der Waals surface area contributed by atoms with Gasteiger partial charge in [-0.25, -0.2) is 10.0 Å². The van der Waals surface area contributed by atoms with Gasteiger partial charge < -0.3 is 20.4 Å². The van der Waals surface area contributed by atoms with Crippen molar-refractivity contribution in [2.75, 3.05) is 26.2 Å². The third-order valence-corrected chi connectivity index (χ3v) is 9.65. The SMILES string of the molecule is CCCCCCCCC(O)CN(CC(O)CCCCCCCC)N(CC(O)CCCCCCCC)CC(O)CCCCCCCC. The number of hydrogen-bond acceptors (Lipinski definition) is 6. The summed E-state index contributed by atoms with van der Waals surface area (Å²) in [6, 6.07) is 0. The number of hydrazine groups is 1. The highest BCUT2D eigenvalue weighted by Crippen LogP contribution is 2.17. The van der Waals surface area contributed by atoms with Crippen molar-refractivity contribution in [2.24, 2.45) is 0 Å². The van der Waals surface area contributed by atoms with E-state index in [0.29, 0.717) is 26.2 Å². The van der Waals surface area contributed by atoms with Gasteiger partial charge in [-0.15, -0.1) is 0 Å². The Hall–Kier alpha value is -0.240. The molecule has 4 N–H and O–H groups in total. The van der Waals surface area contributed by atoms with Gasteiger partial charge >= 0.3 is 0 Å². The lowest BCUT2D eigenvalue weighted by Gasteiger charge is -2.39. The van der Waals surface area contributed by atoms with Crippen molar-refractivity contribution in [1.82, 2.24) is 10.0 Å². The molecule has 0 aromatic heterocycles. The van der Waals surface area contributed by atoms with Crippen LogP contribution in [0.25, 0.3) is 0 Å². The van der Waals surface area contributed by atoms with Gasteiger partial charge in [-0.05, 0) is 25.7 Å². The molecule has 278 valence electrons. The average Bonchev–Trinajstić information content (AvgIpc) is 3.03. The highest BCUT2D eigenvalue weighted by molar-refractivity contribution is 4.74. The maximum atomic E-state index is 11.2. The summed E-state index contributed by atoms with van der Waals surface area (Å²) < 4.78 is 0. The summed E-state index contributed by atoms with van der Waals surface area (Å²) in [5.41, 5.74) is 0. The van der Waals surface area contributed by atoms with Crippen LogP contribution >= 0.6 is 0 Å². The molecule has 6 heteroatoms. The first-order chi connectivity index (χ1) is 22.4. The molecule has 0 fully saturated rings. The molecule has 0 aliphatic carbocycles. The van der Waals surface area contributed by atoms with E-state index in [2.05, 4.69) is 37.7 Å². The Morgan fingerprint density at radius 1 is 0.283 bits per heavy atom. The Labute approximate surface area is 288 Å². The van der Waals surface area contributed by atoms with Gasteiger partial charge in [0.15, 0.2) is 0 Å². The lowest BCUT2D eigenvalue weighted by molar-refractivity contribution is -0.111. The summed E-state index contributed by atoms with van der Waals surface area (Å²) in [6.07, 6.45) is 29.8. The Morgan fingerprint density at radius 3 is 0.652 bits per heavy atom. The zero-order valence-electron chi connectivity index (χ0n) is 31.6. The molecule has 0 aliphatic heterocycles. The van der Waals surface area contributed by atoms with Crippen molar-refractivity contribution < 1.29 is 20.4 Å². The van der Waals surface area contributed by atoms with E-state index in [-0.39, 0.29) is 0 Å². The molecule has 0 amide bonds. The molecule has 0 rings (SSSR count). The summed E-state index contributed by atoms with van der Waals surface area (Å²) >= 11 is 0. The molecular weight excluding hydrogens is 572 g/mol. The van der Waals surface area contributed by atoms with Crippen LogP contribution in [0.2, 0.25) is 0 Å². The highest BCUT2D eigenvalue weighted by Gasteiger charge is 2.26. The lowest BCUT2D eigenvalue weighted by Crippen LogP contribution is -2.54. The smallest absolute Gasteiger partial charge is 0.0681 e. The van der Waals surface area contributed by atoms with Gasteiger partial charge in [0, 0.05) is 26.2 Å². The van der Waals surface area contributed by atoms with E-state index in [1.807, 2.05) is 0 Å². The lowest BCUT2D eigenvalue weighted by atomic mass is 10.0. The van der Waals surface area contributed by atoms with E-state index < -0.39 is 24.4 Å². The van der Waals surface area contributed by atoms with Crippen molar-refractivity contribution >= 4 is 0 Å². The minimum atomic E-state index is -0.485. The maximum Gasteiger partial charge on any atom is 0.0681 e. The number of aliphatic hydroxyl groups excluding tert-OH is 4. The van der Waals surface area contributed by atoms with E-state index in [0.717, 1.165) is 77.0 Å². The molecule has 4 unspecified atom stereocenters. The molecule has 0 aromatic rings. The fraction of sp³-hybridized carbons (Fsp3) is 1.00. The van der Waals surface area contributed by atoms with E-state index in [4.69, 9.17) is 0 Å². The van der Waals surface area contributed by atoms with Crippen molar-refractivity contribution in [3.63, 3.8) is 0 Å². The van der Waals surface area contributed by atoms with E-state index in [1.165, 1.54) is 103 Å². The first-order valence-corrected chi connectivity index (χ1v) is 20.6. The van der Waals surface area contributed by atoms with Crippen LogP contribution in [-0.4, -0.2) is 81.0 Å². The quantitative estimate of drug-likeness (QED) is 0.0393. The van der Waals surface area contributed by atoms with Crippen molar-refractivity contribution in [3.8, 4) is 0 Å². The third kappa shape index (κ3) is 29.9. The number of aliphatic hydroxyl groups is 4. The van der Waals surface area contributed by atoms with Crippen molar-refractivity contribution in [2.45, 2.75) is 232 Å². The Kier molecular flexibility index (Phi) is 34.4. The number of nitrogens with zero attached hydrogens (tertiary/aromatic N) is 2. The topological polar surface area (TPSA) is 87.4 Å². The summed E-state index contributed by atoms with van der Waals surface area (Å²) in [4.78, 5) is 0. The average molecular weight is 657 g/mol. The van der Waals surface area contributed by atoms with Crippen LogP contribution in [0.5, 0.6) is 0 Å². The standard InChI is InChI=1S/C40H84N2O4/c1-5-9-13-17-21-25-29-37(43)33-41(34-38(44)30-26-22-18-14-10-6-2)42(35-39(45)31-27-23-19-15-11-7-3)36-40(46)32-28-24-20-16-12-8-4/h37-40,43-46H,5-36H2,1-4H3.